The predicted octanol–water partition coefficient (Wildman–Crippen LogP) is 4.47. The van der Waals surface area contributed by atoms with Gasteiger partial charge in [-0.15, -0.1) is 0 Å². The van der Waals surface area contributed by atoms with E-state index in [1.54, 1.807) is 0 Å². The highest BCUT2D eigenvalue weighted by atomic mass is 16.3. The smallest absolute Gasteiger partial charge is 0.163 e. The molecule has 2 atom stereocenters. The molecule has 4 aliphatic rings. The fraction of sp³-hybridized carbons (Fsp3) is 0.296. The van der Waals surface area contributed by atoms with E-state index in [0.29, 0.717) is 12.8 Å². The van der Waals surface area contributed by atoms with E-state index in [4.69, 9.17) is 0 Å². The number of carbonyl (C=O) groups is 1. The average Bonchev–Trinajstić information content (AvgIpc) is 3.18. The van der Waals surface area contributed by atoms with E-state index >= 15 is 0 Å². The maximum Gasteiger partial charge on any atom is 0.163 e. The van der Waals surface area contributed by atoms with Crippen LogP contribution in [0.5, 0.6) is 0 Å². The quantitative estimate of drug-likeness (QED) is 0.632. The van der Waals surface area contributed by atoms with Gasteiger partial charge in [-0.05, 0) is 41.7 Å². The van der Waals surface area contributed by atoms with Crippen molar-refractivity contribution < 1.29 is 15.0 Å². The Hall–Kier alpha value is -2.75. The number of carbonyl (C=O) groups excluding carboxylic acids is 1. The molecule has 0 aromatic rings. The molecule has 0 radical (unpaired) electrons. The van der Waals surface area contributed by atoms with E-state index in [0.717, 1.165) is 28.7 Å². The molecule has 0 aromatic heterocycles. The monoisotopic (exact) mass is 400 g/mol. The third kappa shape index (κ3) is 4.38. The highest BCUT2D eigenvalue weighted by Gasteiger charge is 2.23. The SMILES string of the molecule is C=C1C=C(C(=O)CCC2=CC3C=C(CC(CO)CO)C=CC3=C2)C=C2C=CC=CC12. The molecule has 0 amide bonds. The summed E-state index contributed by atoms with van der Waals surface area (Å²) in [6, 6.07) is 0. The second-order valence-electron chi connectivity index (χ2n) is 8.39. The Morgan fingerprint density at radius 1 is 0.967 bits per heavy atom. The summed E-state index contributed by atoms with van der Waals surface area (Å²) in [7, 11) is 0. The van der Waals surface area contributed by atoms with Gasteiger partial charge in [0.25, 0.3) is 0 Å². The predicted molar refractivity (Wildman–Crippen MR) is 120 cm³/mol. The van der Waals surface area contributed by atoms with Crippen molar-refractivity contribution in [3.8, 4) is 0 Å². The van der Waals surface area contributed by atoms with E-state index in [1.807, 2.05) is 24.3 Å². The molecule has 2 N–H and O–H groups in total. The molecule has 0 bridgehead atoms. The first kappa shape index (κ1) is 20.5. The summed E-state index contributed by atoms with van der Waals surface area (Å²) >= 11 is 0. The van der Waals surface area contributed by atoms with Crippen molar-refractivity contribution >= 4 is 5.78 Å². The summed E-state index contributed by atoms with van der Waals surface area (Å²) in [5.41, 5.74) is 6.41. The zero-order chi connectivity index (χ0) is 21.1. The van der Waals surface area contributed by atoms with Crippen LogP contribution in [0.2, 0.25) is 0 Å². The van der Waals surface area contributed by atoms with Gasteiger partial charge < -0.3 is 10.2 Å². The van der Waals surface area contributed by atoms with Crippen LogP contribution < -0.4 is 0 Å². The van der Waals surface area contributed by atoms with E-state index in [-0.39, 0.29) is 36.8 Å². The lowest BCUT2D eigenvalue weighted by atomic mass is 9.81. The number of Topliss-reactive ketones (excluding diaryl/α,β-unsaturated/α-hetero) is 1. The zero-order valence-electron chi connectivity index (χ0n) is 17.1. The second-order valence-corrected chi connectivity index (χ2v) is 8.39. The number of hydrogen-bond donors (Lipinski definition) is 2. The lowest BCUT2D eigenvalue weighted by molar-refractivity contribution is -0.115. The molecule has 0 fully saturated rings. The minimum Gasteiger partial charge on any atom is -0.396 e. The van der Waals surface area contributed by atoms with Crippen molar-refractivity contribution in [2.45, 2.75) is 19.3 Å². The van der Waals surface area contributed by atoms with Crippen LogP contribution >= 0.6 is 0 Å². The fourth-order valence-electron chi connectivity index (χ4n) is 4.40. The second kappa shape index (κ2) is 8.95. The van der Waals surface area contributed by atoms with Gasteiger partial charge in [-0.1, -0.05) is 72.4 Å². The molecule has 2 unspecified atom stereocenters. The first-order valence-electron chi connectivity index (χ1n) is 10.6. The largest absolute Gasteiger partial charge is 0.396 e. The van der Waals surface area contributed by atoms with Gasteiger partial charge in [0.2, 0.25) is 0 Å². The van der Waals surface area contributed by atoms with Crippen LogP contribution in [-0.2, 0) is 4.79 Å². The normalized spacial score (nSPS) is 24.1. The van der Waals surface area contributed by atoms with Gasteiger partial charge in [0, 0.05) is 43.0 Å². The van der Waals surface area contributed by atoms with Crippen LogP contribution in [0.15, 0.2) is 107 Å². The van der Waals surface area contributed by atoms with E-state index in [9.17, 15) is 15.0 Å². The highest BCUT2D eigenvalue weighted by molar-refractivity contribution is 5.99. The third-order valence-corrected chi connectivity index (χ3v) is 6.14. The third-order valence-electron chi connectivity index (χ3n) is 6.14. The minimum atomic E-state index is -0.115. The standard InChI is InChI=1S/C27H28O3/c1-18-10-25(15-23-4-2-3-5-26(18)23)27(30)9-7-20-12-22-8-6-19(13-24(22)14-20)11-21(16-28)17-29/h2-6,8,10,12-15,21,24,26,28-29H,1,7,9,11,16-17H2. The van der Waals surface area contributed by atoms with Crippen molar-refractivity contribution in [1.29, 1.82) is 0 Å². The molecule has 0 saturated carbocycles. The topological polar surface area (TPSA) is 57.5 Å². The number of allylic oxidation sites excluding steroid dienone is 17. The number of aliphatic hydroxyl groups excluding tert-OH is 2. The molecule has 30 heavy (non-hydrogen) atoms. The molecular formula is C27H28O3. The first-order valence-corrected chi connectivity index (χ1v) is 10.6. The summed E-state index contributed by atoms with van der Waals surface area (Å²) in [6.07, 6.45) is 24.8. The van der Waals surface area contributed by atoms with Crippen molar-refractivity contribution in [3.05, 3.63) is 107 Å². The van der Waals surface area contributed by atoms with Gasteiger partial charge >= 0.3 is 0 Å². The van der Waals surface area contributed by atoms with E-state index in [1.165, 1.54) is 11.1 Å². The van der Waals surface area contributed by atoms with Crippen LogP contribution in [-0.4, -0.2) is 29.2 Å². The number of rotatable bonds is 8. The molecule has 3 nitrogen and oxygen atoms in total. The molecule has 154 valence electrons. The zero-order valence-corrected chi connectivity index (χ0v) is 17.1. The van der Waals surface area contributed by atoms with Gasteiger partial charge in [-0.3, -0.25) is 4.79 Å². The van der Waals surface area contributed by atoms with Crippen molar-refractivity contribution in [3.63, 3.8) is 0 Å². The average molecular weight is 401 g/mol. The van der Waals surface area contributed by atoms with Gasteiger partial charge in [0.15, 0.2) is 5.78 Å². The van der Waals surface area contributed by atoms with Gasteiger partial charge in [-0.25, -0.2) is 0 Å². The number of ketones is 1. The van der Waals surface area contributed by atoms with Crippen LogP contribution in [0.25, 0.3) is 0 Å². The van der Waals surface area contributed by atoms with Crippen molar-refractivity contribution in [2.75, 3.05) is 13.2 Å². The molecule has 3 heteroatoms. The Labute approximate surface area is 178 Å². The van der Waals surface area contributed by atoms with Crippen molar-refractivity contribution in [1.82, 2.24) is 0 Å². The Kier molecular flexibility index (Phi) is 6.12. The van der Waals surface area contributed by atoms with Crippen LogP contribution in [0.1, 0.15) is 19.3 Å². The van der Waals surface area contributed by atoms with Crippen LogP contribution in [0.3, 0.4) is 0 Å². The number of hydrogen-bond acceptors (Lipinski definition) is 3. The maximum absolute atomic E-state index is 12.8. The van der Waals surface area contributed by atoms with Gasteiger partial charge in [0.1, 0.15) is 0 Å². The molecule has 0 saturated heterocycles. The van der Waals surface area contributed by atoms with Crippen LogP contribution in [0, 0.1) is 17.8 Å². The maximum atomic E-state index is 12.8. The summed E-state index contributed by atoms with van der Waals surface area (Å²) in [5, 5.41) is 18.6. The Morgan fingerprint density at radius 2 is 1.77 bits per heavy atom. The molecular weight excluding hydrogens is 372 g/mol. The van der Waals surface area contributed by atoms with Gasteiger partial charge in [-0.2, -0.15) is 0 Å². The van der Waals surface area contributed by atoms with E-state index in [2.05, 4.69) is 49.1 Å². The Bertz CT molecular complexity index is 987. The lowest BCUT2D eigenvalue weighted by Crippen LogP contribution is -2.12. The molecule has 4 aliphatic carbocycles. The number of fused-ring (bicyclic) bond motifs is 2. The molecule has 0 aliphatic heterocycles. The highest BCUT2D eigenvalue weighted by Crippen LogP contribution is 2.35. The minimum absolute atomic E-state index is 0.0104. The molecule has 0 aromatic carbocycles. The Morgan fingerprint density at radius 3 is 2.57 bits per heavy atom. The Balaban J connectivity index is 1.37. The summed E-state index contributed by atoms with van der Waals surface area (Å²) < 4.78 is 0. The molecule has 4 rings (SSSR count). The summed E-state index contributed by atoms with van der Waals surface area (Å²) in [4.78, 5) is 12.8. The fourth-order valence-corrected chi connectivity index (χ4v) is 4.40. The van der Waals surface area contributed by atoms with Crippen LogP contribution in [0.4, 0.5) is 0 Å². The molecule has 0 spiro atoms. The van der Waals surface area contributed by atoms with Crippen molar-refractivity contribution in [2.24, 2.45) is 17.8 Å². The lowest BCUT2D eigenvalue weighted by Gasteiger charge is -2.22. The molecule has 0 heterocycles. The van der Waals surface area contributed by atoms with Gasteiger partial charge in [0.05, 0.1) is 0 Å². The summed E-state index contributed by atoms with van der Waals surface area (Å²) in [6.45, 7) is 4.12. The number of aliphatic hydroxyl groups is 2. The summed E-state index contributed by atoms with van der Waals surface area (Å²) in [5.74, 6) is 0.459. The van der Waals surface area contributed by atoms with E-state index < -0.39 is 0 Å². The first-order chi connectivity index (χ1) is 14.6.